The molecule has 0 amide bonds. The summed E-state index contributed by atoms with van der Waals surface area (Å²) in [5.74, 6) is -0.146. The van der Waals surface area contributed by atoms with Gasteiger partial charge in [-0.1, -0.05) is 0 Å². The number of hydrogen-bond donors (Lipinski definition) is 1. The zero-order valence-electron chi connectivity index (χ0n) is 9.90. The van der Waals surface area contributed by atoms with Crippen LogP contribution in [0.2, 0.25) is 0 Å². The van der Waals surface area contributed by atoms with Crippen molar-refractivity contribution in [3.63, 3.8) is 0 Å². The van der Waals surface area contributed by atoms with Crippen LogP contribution in [0.15, 0.2) is 12.3 Å². The second-order valence-electron chi connectivity index (χ2n) is 3.54. The van der Waals surface area contributed by atoms with Crippen molar-refractivity contribution in [2.75, 3.05) is 19.7 Å². The molecule has 1 aromatic heterocycles. The van der Waals surface area contributed by atoms with Crippen LogP contribution < -0.4 is 5.32 Å². The van der Waals surface area contributed by atoms with E-state index in [1.807, 2.05) is 26.2 Å². The Bertz CT molecular complexity index is 323. The molecule has 0 unspecified atom stereocenters. The monoisotopic (exact) mass is 225 g/mol. The molecule has 1 rings (SSSR count). The van der Waals surface area contributed by atoms with E-state index in [0.717, 1.165) is 18.7 Å². The Kier molecular flexibility index (Phi) is 5.56. The predicted molar refractivity (Wildman–Crippen MR) is 61.0 cm³/mol. The molecule has 0 fully saturated rings. The van der Waals surface area contributed by atoms with Gasteiger partial charge in [-0.05, 0) is 13.0 Å². The predicted octanol–water partition coefficient (Wildman–Crippen LogP) is 0.505. The largest absolute Gasteiger partial charge is 0.466 e. The summed E-state index contributed by atoms with van der Waals surface area (Å²) in [6.07, 6.45) is 3.23. The van der Waals surface area contributed by atoms with Gasteiger partial charge < -0.3 is 10.1 Å². The van der Waals surface area contributed by atoms with Crippen LogP contribution in [0.4, 0.5) is 0 Å². The minimum Gasteiger partial charge on any atom is -0.466 e. The standard InChI is InChI=1S/C11H19N3O2/c1-3-16-11(15)5-8-12-7-4-10-6-9-14(2)13-10/h6,9,12H,3-5,7-8H2,1-2H3. The van der Waals surface area contributed by atoms with Gasteiger partial charge in [0.2, 0.25) is 0 Å². The van der Waals surface area contributed by atoms with Crippen molar-refractivity contribution < 1.29 is 9.53 Å². The number of aryl methyl sites for hydroxylation is 1. The molecule has 1 N–H and O–H groups in total. The average Bonchev–Trinajstić information content (AvgIpc) is 2.64. The highest BCUT2D eigenvalue weighted by Gasteiger charge is 2.00. The van der Waals surface area contributed by atoms with Crippen molar-refractivity contribution in [1.29, 1.82) is 0 Å². The maximum Gasteiger partial charge on any atom is 0.307 e. The van der Waals surface area contributed by atoms with E-state index in [0.29, 0.717) is 19.6 Å². The highest BCUT2D eigenvalue weighted by Crippen LogP contribution is 1.94. The van der Waals surface area contributed by atoms with E-state index in [-0.39, 0.29) is 5.97 Å². The summed E-state index contributed by atoms with van der Waals surface area (Å²) < 4.78 is 6.60. The number of carbonyl (C=O) groups is 1. The molecular weight excluding hydrogens is 206 g/mol. The molecule has 0 saturated carbocycles. The third kappa shape index (κ3) is 4.93. The van der Waals surface area contributed by atoms with E-state index in [4.69, 9.17) is 4.74 Å². The van der Waals surface area contributed by atoms with E-state index < -0.39 is 0 Å². The first-order valence-electron chi connectivity index (χ1n) is 5.57. The number of hydrogen-bond acceptors (Lipinski definition) is 4. The molecule has 0 saturated heterocycles. The molecule has 16 heavy (non-hydrogen) atoms. The molecule has 5 heteroatoms. The second kappa shape index (κ2) is 7.00. The molecule has 0 spiro atoms. The molecule has 0 atom stereocenters. The lowest BCUT2D eigenvalue weighted by Crippen LogP contribution is -2.21. The summed E-state index contributed by atoms with van der Waals surface area (Å²) in [4.78, 5) is 11.0. The SMILES string of the molecule is CCOC(=O)CCNCCc1ccn(C)n1. The summed E-state index contributed by atoms with van der Waals surface area (Å²) in [7, 11) is 1.90. The zero-order valence-corrected chi connectivity index (χ0v) is 9.90. The van der Waals surface area contributed by atoms with Gasteiger partial charge in [0.15, 0.2) is 0 Å². The van der Waals surface area contributed by atoms with E-state index in [1.54, 1.807) is 4.68 Å². The lowest BCUT2D eigenvalue weighted by molar-refractivity contribution is -0.142. The Hall–Kier alpha value is -1.36. The van der Waals surface area contributed by atoms with Crippen LogP contribution in [-0.4, -0.2) is 35.4 Å². The summed E-state index contributed by atoms with van der Waals surface area (Å²) >= 11 is 0. The van der Waals surface area contributed by atoms with Gasteiger partial charge in [0.1, 0.15) is 0 Å². The Labute approximate surface area is 95.8 Å². The molecule has 0 bridgehead atoms. The van der Waals surface area contributed by atoms with Gasteiger partial charge in [-0.15, -0.1) is 0 Å². The van der Waals surface area contributed by atoms with Crippen LogP contribution in [0, 0.1) is 0 Å². The van der Waals surface area contributed by atoms with Crippen LogP contribution in [0.25, 0.3) is 0 Å². The smallest absolute Gasteiger partial charge is 0.307 e. The van der Waals surface area contributed by atoms with Gasteiger partial charge in [0.25, 0.3) is 0 Å². The van der Waals surface area contributed by atoms with E-state index >= 15 is 0 Å². The van der Waals surface area contributed by atoms with Crippen LogP contribution >= 0.6 is 0 Å². The first-order chi connectivity index (χ1) is 7.72. The molecule has 1 heterocycles. The van der Waals surface area contributed by atoms with Gasteiger partial charge >= 0.3 is 5.97 Å². The highest BCUT2D eigenvalue weighted by molar-refractivity contribution is 5.69. The minimum absolute atomic E-state index is 0.146. The van der Waals surface area contributed by atoms with Crippen molar-refractivity contribution in [2.24, 2.45) is 7.05 Å². The molecule has 0 radical (unpaired) electrons. The van der Waals surface area contributed by atoms with Crippen molar-refractivity contribution in [3.05, 3.63) is 18.0 Å². The van der Waals surface area contributed by atoms with Crippen LogP contribution in [0.5, 0.6) is 0 Å². The Morgan fingerprint density at radius 2 is 2.38 bits per heavy atom. The van der Waals surface area contributed by atoms with E-state index in [2.05, 4.69) is 10.4 Å². The summed E-state index contributed by atoms with van der Waals surface area (Å²) in [6, 6.07) is 1.99. The van der Waals surface area contributed by atoms with Gasteiger partial charge in [0.05, 0.1) is 18.7 Å². The first kappa shape index (κ1) is 12.7. The van der Waals surface area contributed by atoms with E-state index in [1.165, 1.54) is 0 Å². The Morgan fingerprint density at radius 3 is 3.00 bits per heavy atom. The maximum absolute atomic E-state index is 11.0. The molecule has 0 aliphatic heterocycles. The van der Waals surface area contributed by atoms with Crippen LogP contribution in [0.3, 0.4) is 0 Å². The maximum atomic E-state index is 11.0. The molecular formula is C11H19N3O2. The number of ether oxygens (including phenoxy) is 1. The summed E-state index contributed by atoms with van der Waals surface area (Å²) in [5, 5.41) is 7.44. The van der Waals surface area contributed by atoms with Crippen molar-refractivity contribution in [1.82, 2.24) is 15.1 Å². The minimum atomic E-state index is -0.146. The fourth-order valence-electron chi connectivity index (χ4n) is 1.36. The fourth-order valence-corrected chi connectivity index (χ4v) is 1.36. The van der Waals surface area contributed by atoms with Gasteiger partial charge in [-0.2, -0.15) is 5.10 Å². The topological polar surface area (TPSA) is 56.1 Å². The quantitative estimate of drug-likeness (QED) is 0.542. The molecule has 0 aliphatic carbocycles. The molecule has 0 aromatic carbocycles. The number of carbonyl (C=O) groups excluding carboxylic acids is 1. The number of nitrogens with zero attached hydrogens (tertiary/aromatic N) is 2. The normalized spacial score (nSPS) is 10.4. The number of nitrogens with one attached hydrogen (secondary N) is 1. The highest BCUT2D eigenvalue weighted by atomic mass is 16.5. The fraction of sp³-hybridized carbons (Fsp3) is 0.636. The summed E-state index contributed by atoms with van der Waals surface area (Å²) in [5.41, 5.74) is 1.06. The Morgan fingerprint density at radius 1 is 1.56 bits per heavy atom. The third-order valence-electron chi connectivity index (χ3n) is 2.14. The third-order valence-corrected chi connectivity index (χ3v) is 2.14. The number of aromatic nitrogens is 2. The van der Waals surface area contributed by atoms with Crippen molar-refractivity contribution in [3.8, 4) is 0 Å². The van der Waals surface area contributed by atoms with Gasteiger partial charge in [-0.3, -0.25) is 9.48 Å². The van der Waals surface area contributed by atoms with Crippen molar-refractivity contribution in [2.45, 2.75) is 19.8 Å². The lowest BCUT2D eigenvalue weighted by atomic mass is 10.3. The number of rotatable bonds is 7. The van der Waals surface area contributed by atoms with Gasteiger partial charge in [-0.25, -0.2) is 0 Å². The average molecular weight is 225 g/mol. The number of esters is 1. The molecule has 5 nitrogen and oxygen atoms in total. The second-order valence-corrected chi connectivity index (χ2v) is 3.54. The first-order valence-corrected chi connectivity index (χ1v) is 5.57. The van der Waals surface area contributed by atoms with Crippen molar-refractivity contribution >= 4 is 5.97 Å². The van der Waals surface area contributed by atoms with Crippen LogP contribution in [0.1, 0.15) is 19.0 Å². The zero-order chi connectivity index (χ0) is 11.8. The Balaban J connectivity index is 2.02. The summed E-state index contributed by atoms with van der Waals surface area (Å²) in [6.45, 7) is 3.75. The van der Waals surface area contributed by atoms with Crippen LogP contribution in [-0.2, 0) is 23.0 Å². The van der Waals surface area contributed by atoms with E-state index in [9.17, 15) is 4.79 Å². The lowest BCUT2D eigenvalue weighted by Gasteiger charge is -2.03. The van der Waals surface area contributed by atoms with Gasteiger partial charge in [0, 0.05) is 32.8 Å². The molecule has 90 valence electrons. The molecule has 0 aliphatic rings. The molecule has 1 aromatic rings.